The van der Waals surface area contributed by atoms with Crippen LogP contribution >= 0.6 is 12.2 Å². The molecule has 2 aromatic rings. The van der Waals surface area contributed by atoms with Crippen LogP contribution in [0.2, 0.25) is 0 Å². The molecule has 0 saturated heterocycles. The van der Waals surface area contributed by atoms with Crippen LogP contribution in [0.15, 0.2) is 54.6 Å². The van der Waals surface area contributed by atoms with Gasteiger partial charge in [-0.2, -0.15) is 0 Å². The van der Waals surface area contributed by atoms with Crippen molar-refractivity contribution in [3.63, 3.8) is 0 Å². The summed E-state index contributed by atoms with van der Waals surface area (Å²) in [7, 11) is 0. The van der Waals surface area contributed by atoms with Crippen LogP contribution in [0, 0.1) is 0 Å². The number of benzene rings is 2. The summed E-state index contributed by atoms with van der Waals surface area (Å²) in [4.78, 5) is 11.0. The molecule has 1 amide bonds. The van der Waals surface area contributed by atoms with E-state index in [-0.39, 0.29) is 11.0 Å². The minimum atomic E-state index is -0.213. The molecule has 0 radical (unpaired) electrons. The van der Waals surface area contributed by atoms with Crippen LogP contribution in [0.5, 0.6) is 5.75 Å². The molecule has 2 rings (SSSR count). The first-order valence-electron chi connectivity index (χ1n) is 6.49. The highest BCUT2D eigenvalue weighted by molar-refractivity contribution is 7.80. The van der Waals surface area contributed by atoms with Gasteiger partial charge in [-0.05, 0) is 29.9 Å². The van der Waals surface area contributed by atoms with E-state index in [2.05, 4.69) is 10.6 Å². The van der Waals surface area contributed by atoms with Crippen LogP contribution in [0.3, 0.4) is 0 Å². The number of thiocarbonyl (C=S) groups is 1. The van der Waals surface area contributed by atoms with Crippen LogP contribution in [0.4, 0.5) is 5.69 Å². The Labute approximate surface area is 129 Å². The van der Waals surface area contributed by atoms with Gasteiger partial charge in [-0.1, -0.05) is 42.5 Å². The second kappa shape index (κ2) is 7.40. The van der Waals surface area contributed by atoms with Gasteiger partial charge in [-0.15, -0.1) is 0 Å². The van der Waals surface area contributed by atoms with Gasteiger partial charge in [-0.25, -0.2) is 0 Å². The smallest absolute Gasteiger partial charge is 0.222 e. The van der Waals surface area contributed by atoms with Crippen molar-refractivity contribution < 1.29 is 9.53 Å². The highest BCUT2D eigenvalue weighted by Crippen LogP contribution is 2.24. The topological polar surface area (TPSA) is 50.4 Å². The summed E-state index contributed by atoms with van der Waals surface area (Å²) in [5.74, 6) is 0.462. The highest BCUT2D eigenvalue weighted by atomic mass is 32.1. The van der Waals surface area contributed by atoms with Gasteiger partial charge >= 0.3 is 0 Å². The largest absolute Gasteiger partial charge is 0.487 e. The Morgan fingerprint density at radius 1 is 1.10 bits per heavy atom. The van der Waals surface area contributed by atoms with Gasteiger partial charge in [0.15, 0.2) is 5.11 Å². The average Bonchev–Trinajstić information content (AvgIpc) is 2.46. The molecule has 2 aromatic carbocycles. The van der Waals surface area contributed by atoms with Crippen molar-refractivity contribution in [2.45, 2.75) is 13.5 Å². The lowest BCUT2D eigenvalue weighted by molar-refractivity contribution is -0.117. The second-order valence-corrected chi connectivity index (χ2v) is 4.81. The van der Waals surface area contributed by atoms with Gasteiger partial charge in [0.05, 0.1) is 5.69 Å². The van der Waals surface area contributed by atoms with E-state index in [0.29, 0.717) is 18.0 Å². The molecule has 2 N–H and O–H groups in total. The number of carbonyl (C=O) groups excluding carboxylic acids is 1. The summed E-state index contributed by atoms with van der Waals surface area (Å²) >= 11 is 5.05. The molecule has 0 aromatic heterocycles. The number of rotatable bonds is 4. The minimum absolute atomic E-state index is 0.213. The number of amides is 1. The zero-order valence-corrected chi connectivity index (χ0v) is 12.4. The van der Waals surface area contributed by atoms with Crippen LogP contribution in [0.1, 0.15) is 12.5 Å². The monoisotopic (exact) mass is 300 g/mol. The summed E-state index contributed by atoms with van der Waals surface area (Å²) in [5.41, 5.74) is 1.80. The standard InChI is InChI=1S/C16H16N2O2S/c1-12(19)17-16(21)18-14-9-5-6-10-15(14)20-11-13-7-3-2-4-8-13/h2-10H,11H2,1H3,(H2,17,18,19,21). The second-order valence-electron chi connectivity index (χ2n) is 4.41. The summed E-state index contributed by atoms with van der Waals surface area (Å²) in [6.07, 6.45) is 0. The molecule has 0 aliphatic rings. The van der Waals surface area contributed by atoms with Crippen molar-refractivity contribution in [1.29, 1.82) is 0 Å². The molecule has 5 heteroatoms. The molecular formula is C16H16N2O2S. The summed E-state index contributed by atoms with van der Waals surface area (Å²) < 4.78 is 5.79. The van der Waals surface area contributed by atoms with Gasteiger partial charge in [-0.3, -0.25) is 4.79 Å². The third-order valence-corrected chi connectivity index (χ3v) is 2.87. The van der Waals surface area contributed by atoms with Crippen molar-refractivity contribution >= 4 is 28.9 Å². The van der Waals surface area contributed by atoms with Crippen LogP contribution < -0.4 is 15.4 Å². The fraction of sp³-hybridized carbons (Fsp3) is 0.125. The number of hydrogen-bond donors (Lipinski definition) is 2. The van der Waals surface area contributed by atoms with E-state index in [4.69, 9.17) is 17.0 Å². The van der Waals surface area contributed by atoms with Gasteiger partial charge in [0, 0.05) is 6.92 Å². The molecule has 0 saturated carbocycles. The van der Waals surface area contributed by atoms with E-state index < -0.39 is 0 Å². The molecule has 0 fully saturated rings. The molecule has 21 heavy (non-hydrogen) atoms. The molecule has 0 spiro atoms. The Morgan fingerprint density at radius 3 is 2.48 bits per heavy atom. The fourth-order valence-electron chi connectivity index (χ4n) is 1.74. The van der Waals surface area contributed by atoms with E-state index in [1.165, 1.54) is 6.92 Å². The van der Waals surface area contributed by atoms with Gasteiger partial charge in [0.25, 0.3) is 0 Å². The van der Waals surface area contributed by atoms with Gasteiger partial charge in [0.1, 0.15) is 12.4 Å². The van der Waals surface area contributed by atoms with E-state index in [9.17, 15) is 4.79 Å². The fourth-order valence-corrected chi connectivity index (χ4v) is 2.00. The Hall–Kier alpha value is -2.40. The average molecular weight is 300 g/mol. The predicted molar refractivity (Wildman–Crippen MR) is 87.3 cm³/mol. The van der Waals surface area contributed by atoms with Crippen molar-refractivity contribution in [3.05, 3.63) is 60.2 Å². The Bertz CT molecular complexity index is 629. The Morgan fingerprint density at radius 2 is 1.76 bits per heavy atom. The lowest BCUT2D eigenvalue weighted by atomic mass is 10.2. The Kier molecular flexibility index (Phi) is 5.29. The first-order valence-corrected chi connectivity index (χ1v) is 6.90. The Balaban J connectivity index is 2.03. The summed E-state index contributed by atoms with van der Waals surface area (Å²) in [6.45, 7) is 1.87. The number of carbonyl (C=O) groups is 1. The van der Waals surface area contributed by atoms with Crippen LogP contribution in [0.25, 0.3) is 0 Å². The summed E-state index contributed by atoms with van der Waals surface area (Å²) in [5, 5.41) is 5.72. The predicted octanol–water partition coefficient (Wildman–Crippen LogP) is 3.10. The maximum Gasteiger partial charge on any atom is 0.222 e. The quantitative estimate of drug-likeness (QED) is 0.852. The van der Waals surface area contributed by atoms with Crippen molar-refractivity contribution in [2.75, 3.05) is 5.32 Å². The van der Waals surface area contributed by atoms with Crippen LogP contribution in [-0.2, 0) is 11.4 Å². The number of ether oxygens (including phenoxy) is 1. The lowest BCUT2D eigenvalue weighted by Crippen LogP contribution is -2.32. The molecule has 0 aliphatic heterocycles. The van der Waals surface area contributed by atoms with Gasteiger partial charge in [0.2, 0.25) is 5.91 Å². The number of hydrogen-bond acceptors (Lipinski definition) is 3. The first-order chi connectivity index (χ1) is 10.1. The molecule has 108 valence electrons. The number of nitrogens with one attached hydrogen (secondary N) is 2. The molecule has 0 aliphatic carbocycles. The zero-order chi connectivity index (χ0) is 15.1. The van der Waals surface area contributed by atoms with Gasteiger partial charge < -0.3 is 15.4 Å². The SMILES string of the molecule is CC(=O)NC(=S)Nc1ccccc1OCc1ccccc1. The normalized spacial score (nSPS) is 9.76. The number of anilines is 1. The van der Waals surface area contributed by atoms with Crippen LogP contribution in [-0.4, -0.2) is 11.0 Å². The first kappa shape index (κ1) is 15.0. The van der Waals surface area contributed by atoms with E-state index in [0.717, 1.165) is 5.56 Å². The van der Waals surface area contributed by atoms with Crippen molar-refractivity contribution in [1.82, 2.24) is 5.32 Å². The number of para-hydroxylation sites is 2. The molecule has 4 nitrogen and oxygen atoms in total. The molecule has 0 heterocycles. The highest BCUT2D eigenvalue weighted by Gasteiger charge is 2.06. The van der Waals surface area contributed by atoms with E-state index in [1.807, 2.05) is 54.6 Å². The third kappa shape index (κ3) is 4.89. The maximum absolute atomic E-state index is 11.0. The lowest BCUT2D eigenvalue weighted by Gasteiger charge is -2.13. The molecular weight excluding hydrogens is 284 g/mol. The van der Waals surface area contributed by atoms with E-state index in [1.54, 1.807) is 0 Å². The molecule has 0 atom stereocenters. The maximum atomic E-state index is 11.0. The van der Waals surface area contributed by atoms with E-state index >= 15 is 0 Å². The molecule has 0 unspecified atom stereocenters. The van der Waals surface area contributed by atoms with Crippen molar-refractivity contribution in [3.8, 4) is 5.75 Å². The third-order valence-electron chi connectivity index (χ3n) is 2.66. The minimum Gasteiger partial charge on any atom is -0.487 e. The zero-order valence-electron chi connectivity index (χ0n) is 11.6. The van der Waals surface area contributed by atoms with Crippen molar-refractivity contribution in [2.24, 2.45) is 0 Å². The molecule has 0 bridgehead atoms. The summed E-state index contributed by atoms with van der Waals surface area (Å²) in [6, 6.07) is 17.3.